The summed E-state index contributed by atoms with van der Waals surface area (Å²) in [4.78, 5) is 17.9. The fraction of sp³-hybridized carbons (Fsp3) is 0.417. The number of carbonyl (C=O) groups is 1. The first-order chi connectivity index (χ1) is 14.5. The first-order valence-electron chi connectivity index (χ1n) is 10.5. The van der Waals surface area contributed by atoms with Gasteiger partial charge in [-0.25, -0.2) is 4.98 Å². The number of unbranched alkanes of at least 4 members (excludes halogenated alkanes) is 1. The molecule has 0 fully saturated rings. The Hall–Kier alpha value is -3.02. The molecule has 2 heterocycles. The second-order valence-electron chi connectivity index (χ2n) is 7.55. The molecule has 0 aliphatic carbocycles. The summed E-state index contributed by atoms with van der Waals surface area (Å²) in [6.07, 6.45) is 5.82. The fourth-order valence-electron chi connectivity index (χ4n) is 3.65. The molecule has 3 rings (SSSR count). The van der Waals surface area contributed by atoms with Crippen LogP contribution in [0.15, 0.2) is 36.5 Å². The Kier molecular flexibility index (Phi) is 6.98. The van der Waals surface area contributed by atoms with Gasteiger partial charge in [-0.2, -0.15) is 0 Å². The summed E-state index contributed by atoms with van der Waals surface area (Å²) in [7, 11) is 3.22. The number of anilines is 1. The normalized spacial score (nSPS) is 12.0. The summed E-state index contributed by atoms with van der Waals surface area (Å²) in [6, 6.07) is 9.65. The molecular weight excluding hydrogens is 378 g/mol. The van der Waals surface area contributed by atoms with Crippen molar-refractivity contribution in [1.82, 2.24) is 9.38 Å². The molecule has 3 aromatic rings. The van der Waals surface area contributed by atoms with Gasteiger partial charge in [-0.05, 0) is 49.6 Å². The summed E-state index contributed by atoms with van der Waals surface area (Å²) in [5.41, 5.74) is 3.43. The number of aromatic nitrogens is 2. The fourth-order valence-corrected chi connectivity index (χ4v) is 3.65. The molecule has 1 N–H and O–H groups in total. The lowest BCUT2D eigenvalue weighted by atomic mass is 9.98. The van der Waals surface area contributed by atoms with Crippen molar-refractivity contribution in [3.8, 4) is 22.8 Å². The number of amides is 1. The van der Waals surface area contributed by atoms with E-state index in [1.807, 2.05) is 47.9 Å². The molecule has 1 aromatic carbocycles. The highest BCUT2D eigenvalue weighted by Crippen LogP contribution is 2.36. The predicted molar refractivity (Wildman–Crippen MR) is 120 cm³/mol. The van der Waals surface area contributed by atoms with Crippen molar-refractivity contribution in [1.29, 1.82) is 0 Å². The molecular formula is C24H31N3O3. The first-order valence-corrected chi connectivity index (χ1v) is 10.5. The summed E-state index contributed by atoms with van der Waals surface area (Å²) in [6.45, 7) is 6.23. The Morgan fingerprint density at radius 1 is 1.13 bits per heavy atom. The van der Waals surface area contributed by atoms with E-state index in [-0.39, 0.29) is 11.8 Å². The molecule has 6 heteroatoms. The van der Waals surface area contributed by atoms with Crippen LogP contribution in [0.3, 0.4) is 0 Å². The van der Waals surface area contributed by atoms with E-state index in [1.54, 1.807) is 14.2 Å². The minimum atomic E-state index is -0.0152. The number of nitrogens with zero attached hydrogens (tertiary/aromatic N) is 2. The molecule has 0 saturated heterocycles. The van der Waals surface area contributed by atoms with Crippen LogP contribution in [0.2, 0.25) is 0 Å². The lowest BCUT2D eigenvalue weighted by Gasteiger charge is -2.16. The number of fused-ring (bicyclic) bond motifs is 1. The number of methoxy groups -OCH3 is 2. The highest BCUT2D eigenvalue weighted by atomic mass is 16.5. The Bertz CT molecular complexity index is 1030. The smallest absolute Gasteiger partial charge is 0.228 e. The SMILES string of the molecule is CCCC[C@@H](CC)C(=O)Nc1c(-c2ccc(OC)c(OC)c2)nc2ccc(C)cn12. The number of carbonyl (C=O) groups excluding carboxylic acids is 1. The summed E-state index contributed by atoms with van der Waals surface area (Å²) in [5.74, 6) is 1.97. The molecule has 0 radical (unpaired) electrons. The Morgan fingerprint density at radius 2 is 1.90 bits per heavy atom. The second-order valence-corrected chi connectivity index (χ2v) is 7.55. The van der Waals surface area contributed by atoms with E-state index >= 15 is 0 Å². The van der Waals surface area contributed by atoms with E-state index in [0.29, 0.717) is 23.0 Å². The van der Waals surface area contributed by atoms with E-state index in [0.717, 1.165) is 42.5 Å². The van der Waals surface area contributed by atoms with Crippen molar-refractivity contribution in [2.75, 3.05) is 19.5 Å². The van der Waals surface area contributed by atoms with Gasteiger partial charge in [0.25, 0.3) is 0 Å². The predicted octanol–water partition coefficient (Wildman–Crippen LogP) is 5.48. The van der Waals surface area contributed by atoms with E-state index in [9.17, 15) is 4.79 Å². The van der Waals surface area contributed by atoms with Crippen LogP contribution in [-0.4, -0.2) is 29.5 Å². The first kappa shape index (κ1) is 21.7. The van der Waals surface area contributed by atoms with Crippen molar-refractivity contribution in [2.45, 2.75) is 46.5 Å². The summed E-state index contributed by atoms with van der Waals surface area (Å²) < 4.78 is 12.8. The van der Waals surface area contributed by atoms with Gasteiger partial charge >= 0.3 is 0 Å². The number of rotatable bonds is 9. The maximum absolute atomic E-state index is 13.1. The topological polar surface area (TPSA) is 64.9 Å². The number of hydrogen-bond acceptors (Lipinski definition) is 4. The number of hydrogen-bond donors (Lipinski definition) is 1. The van der Waals surface area contributed by atoms with E-state index < -0.39 is 0 Å². The Balaban J connectivity index is 2.08. The van der Waals surface area contributed by atoms with E-state index in [2.05, 4.69) is 19.2 Å². The number of imidazole rings is 1. The molecule has 1 atom stereocenters. The van der Waals surface area contributed by atoms with Gasteiger partial charge in [-0.15, -0.1) is 0 Å². The maximum Gasteiger partial charge on any atom is 0.228 e. The van der Waals surface area contributed by atoms with E-state index in [4.69, 9.17) is 14.5 Å². The number of nitrogens with one attached hydrogen (secondary N) is 1. The van der Waals surface area contributed by atoms with Gasteiger partial charge in [-0.3, -0.25) is 9.20 Å². The quantitative estimate of drug-likeness (QED) is 0.508. The van der Waals surface area contributed by atoms with Gasteiger partial charge in [0.15, 0.2) is 11.5 Å². The van der Waals surface area contributed by atoms with Gasteiger partial charge < -0.3 is 14.8 Å². The average molecular weight is 410 g/mol. The van der Waals surface area contributed by atoms with Crippen molar-refractivity contribution in [2.24, 2.45) is 5.92 Å². The average Bonchev–Trinajstić information content (AvgIpc) is 3.11. The van der Waals surface area contributed by atoms with Gasteiger partial charge in [-0.1, -0.05) is 32.8 Å². The second kappa shape index (κ2) is 9.65. The zero-order chi connectivity index (χ0) is 21.7. The van der Waals surface area contributed by atoms with Crippen molar-refractivity contribution >= 4 is 17.4 Å². The van der Waals surface area contributed by atoms with Crippen molar-refractivity contribution in [3.05, 3.63) is 42.1 Å². The molecule has 30 heavy (non-hydrogen) atoms. The standard InChI is InChI=1S/C24H31N3O3/c1-6-8-9-17(7-2)24(28)26-23-22(25-21-13-10-16(3)15-27(21)23)18-11-12-19(29-4)20(14-18)30-5/h10-15,17H,6-9H2,1-5H3,(H,26,28)/t17-/m1/s1. The molecule has 6 nitrogen and oxygen atoms in total. The van der Waals surface area contributed by atoms with Crippen molar-refractivity contribution < 1.29 is 14.3 Å². The molecule has 0 bridgehead atoms. The lowest BCUT2D eigenvalue weighted by Crippen LogP contribution is -2.23. The molecule has 1 amide bonds. The van der Waals surface area contributed by atoms with Crippen LogP contribution in [0.5, 0.6) is 11.5 Å². The minimum absolute atomic E-state index is 0.0152. The molecule has 0 aliphatic rings. The van der Waals surface area contributed by atoms with Gasteiger partial charge in [0.1, 0.15) is 17.2 Å². The number of pyridine rings is 1. The van der Waals surface area contributed by atoms with Gasteiger partial charge in [0.05, 0.1) is 14.2 Å². The molecule has 0 aliphatic heterocycles. The number of aryl methyl sites for hydroxylation is 1. The zero-order valence-corrected chi connectivity index (χ0v) is 18.5. The number of benzene rings is 1. The van der Waals surface area contributed by atoms with Crippen LogP contribution in [0.1, 0.15) is 45.1 Å². The Labute approximate surface area is 178 Å². The van der Waals surface area contributed by atoms with Crippen LogP contribution in [0, 0.1) is 12.8 Å². The summed E-state index contributed by atoms with van der Waals surface area (Å²) in [5, 5.41) is 3.17. The largest absolute Gasteiger partial charge is 0.493 e. The van der Waals surface area contributed by atoms with E-state index in [1.165, 1.54) is 0 Å². The maximum atomic E-state index is 13.1. The highest BCUT2D eigenvalue weighted by molar-refractivity contribution is 5.96. The van der Waals surface area contributed by atoms with Gasteiger partial charge in [0, 0.05) is 17.7 Å². The van der Waals surface area contributed by atoms with Gasteiger partial charge in [0.2, 0.25) is 5.91 Å². The molecule has 0 unspecified atom stereocenters. The van der Waals surface area contributed by atoms with Crippen LogP contribution >= 0.6 is 0 Å². The molecule has 2 aromatic heterocycles. The third kappa shape index (κ3) is 4.42. The third-order valence-corrected chi connectivity index (χ3v) is 5.43. The van der Waals surface area contributed by atoms with Crippen LogP contribution in [-0.2, 0) is 4.79 Å². The molecule has 0 saturated carbocycles. The van der Waals surface area contributed by atoms with Crippen LogP contribution in [0.25, 0.3) is 16.9 Å². The number of ether oxygens (including phenoxy) is 2. The van der Waals surface area contributed by atoms with Crippen molar-refractivity contribution in [3.63, 3.8) is 0 Å². The molecule has 0 spiro atoms. The molecule has 160 valence electrons. The Morgan fingerprint density at radius 3 is 2.57 bits per heavy atom. The van der Waals surface area contributed by atoms with Crippen LogP contribution < -0.4 is 14.8 Å². The minimum Gasteiger partial charge on any atom is -0.493 e. The highest BCUT2D eigenvalue weighted by Gasteiger charge is 2.22. The monoisotopic (exact) mass is 409 g/mol. The third-order valence-electron chi connectivity index (χ3n) is 5.43. The lowest BCUT2D eigenvalue weighted by molar-refractivity contribution is -0.120. The summed E-state index contributed by atoms with van der Waals surface area (Å²) >= 11 is 0. The van der Waals surface area contributed by atoms with Crippen LogP contribution in [0.4, 0.5) is 5.82 Å². The zero-order valence-electron chi connectivity index (χ0n) is 18.5.